The molecule has 5 heteroatoms. The lowest BCUT2D eigenvalue weighted by Crippen LogP contribution is -2.46. The van der Waals surface area contributed by atoms with Crippen molar-refractivity contribution in [3.05, 3.63) is 35.9 Å². The van der Waals surface area contributed by atoms with Crippen molar-refractivity contribution in [2.45, 2.75) is 32.0 Å². The zero-order chi connectivity index (χ0) is 15.7. The normalized spacial score (nSPS) is 21.8. The smallest absolute Gasteiger partial charge is 0.191 e. The molecule has 122 valence electrons. The van der Waals surface area contributed by atoms with Crippen molar-refractivity contribution >= 4 is 5.96 Å². The molecule has 1 heterocycles. The summed E-state index contributed by atoms with van der Waals surface area (Å²) in [6.45, 7) is 5.78. The maximum atomic E-state index is 5.76. The van der Waals surface area contributed by atoms with Gasteiger partial charge in [-0.15, -0.1) is 0 Å². The molecule has 0 aromatic heterocycles. The van der Waals surface area contributed by atoms with Crippen molar-refractivity contribution in [2.75, 3.05) is 33.4 Å². The lowest BCUT2D eigenvalue weighted by molar-refractivity contribution is 0.0242. The Bertz CT molecular complexity index is 456. The number of nitrogens with zero attached hydrogens (tertiary/aromatic N) is 1. The Kier molecular flexibility index (Phi) is 6.68. The van der Waals surface area contributed by atoms with Crippen LogP contribution < -0.4 is 10.6 Å². The van der Waals surface area contributed by atoms with E-state index in [0.29, 0.717) is 13.2 Å². The van der Waals surface area contributed by atoms with Crippen LogP contribution in [0.1, 0.15) is 25.3 Å². The van der Waals surface area contributed by atoms with Gasteiger partial charge < -0.3 is 20.1 Å². The summed E-state index contributed by atoms with van der Waals surface area (Å²) in [6.07, 6.45) is 2.23. The summed E-state index contributed by atoms with van der Waals surface area (Å²) < 4.78 is 11.4. The van der Waals surface area contributed by atoms with Crippen molar-refractivity contribution in [1.82, 2.24) is 10.6 Å². The summed E-state index contributed by atoms with van der Waals surface area (Å²) in [7, 11) is 1.78. The topological polar surface area (TPSA) is 54.9 Å². The molecule has 22 heavy (non-hydrogen) atoms. The van der Waals surface area contributed by atoms with Crippen LogP contribution in [0.2, 0.25) is 0 Å². The molecule has 5 nitrogen and oxygen atoms in total. The van der Waals surface area contributed by atoms with Crippen LogP contribution in [0.3, 0.4) is 0 Å². The molecule has 1 aliphatic heterocycles. The number of guanidine groups is 1. The fraction of sp³-hybridized carbons (Fsp3) is 0.588. The summed E-state index contributed by atoms with van der Waals surface area (Å²) in [5, 5.41) is 6.57. The van der Waals surface area contributed by atoms with E-state index in [1.54, 1.807) is 7.05 Å². The van der Waals surface area contributed by atoms with Gasteiger partial charge in [0.05, 0.1) is 18.8 Å². The molecule has 0 bridgehead atoms. The fourth-order valence-electron chi connectivity index (χ4n) is 2.47. The molecule has 1 aromatic rings. The summed E-state index contributed by atoms with van der Waals surface area (Å²) in [6, 6.07) is 10.2. The molecule has 1 saturated heterocycles. The van der Waals surface area contributed by atoms with E-state index in [9.17, 15) is 0 Å². The zero-order valence-electron chi connectivity index (χ0n) is 13.6. The minimum atomic E-state index is -0.0680. The summed E-state index contributed by atoms with van der Waals surface area (Å²) in [4.78, 5) is 4.22. The Hall–Kier alpha value is -1.59. The van der Waals surface area contributed by atoms with Crippen molar-refractivity contribution in [2.24, 2.45) is 4.99 Å². The van der Waals surface area contributed by atoms with Gasteiger partial charge in [0.15, 0.2) is 5.96 Å². The maximum Gasteiger partial charge on any atom is 0.191 e. The van der Waals surface area contributed by atoms with Gasteiger partial charge in [-0.1, -0.05) is 30.3 Å². The molecule has 1 unspecified atom stereocenters. The summed E-state index contributed by atoms with van der Waals surface area (Å²) >= 11 is 0. The summed E-state index contributed by atoms with van der Waals surface area (Å²) in [5.74, 6) is 0.792. The Labute approximate surface area is 133 Å². The minimum Gasteiger partial charge on any atom is -0.375 e. The molecule has 0 saturated carbocycles. The van der Waals surface area contributed by atoms with Crippen LogP contribution in [0.15, 0.2) is 35.3 Å². The van der Waals surface area contributed by atoms with E-state index in [0.717, 1.165) is 38.5 Å². The minimum absolute atomic E-state index is 0.0680. The number of benzene rings is 1. The van der Waals surface area contributed by atoms with Gasteiger partial charge in [-0.05, 0) is 25.3 Å². The first-order valence-electron chi connectivity index (χ1n) is 7.92. The average Bonchev–Trinajstić information content (AvgIpc) is 2.98. The van der Waals surface area contributed by atoms with Gasteiger partial charge in [-0.3, -0.25) is 4.99 Å². The molecular weight excluding hydrogens is 278 g/mol. The van der Waals surface area contributed by atoms with E-state index in [1.165, 1.54) is 5.56 Å². The lowest BCUT2D eigenvalue weighted by atomic mass is 10.0. The largest absolute Gasteiger partial charge is 0.375 e. The van der Waals surface area contributed by atoms with Gasteiger partial charge in [0.2, 0.25) is 0 Å². The third-order valence-electron chi connectivity index (χ3n) is 3.80. The van der Waals surface area contributed by atoms with Crippen LogP contribution in [0.4, 0.5) is 0 Å². The number of hydrogen-bond acceptors (Lipinski definition) is 3. The molecule has 0 aliphatic carbocycles. The van der Waals surface area contributed by atoms with E-state index < -0.39 is 0 Å². The van der Waals surface area contributed by atoms with Crippen molar-refractivity contribution in [3.8, 4) is 0 Å². The van der Waals surface area contributed by atoms with Crippen molar-refractivity contribution < 1.29 is 9.47 Å². The quantitative estimate of drug-likeness (QED) is 0.459. The monoisotopic (exact) mass is 305 g/mol. The number of rotatable bonds is 7. The first-order chi connectivity index (χ1) is 10.7. The van der Waals surface area contributed by atoms with E-state index >= 15 is 0 Å². The molecule has 1 aromatic carbocycles. The number of aliphatic imine (C=N–C) groups is 1. The Morgan fingerprint density at radius 2 is 2.14 bits per heavy atom. The highest BCUT2D eigenvalue weighted by Crippen LogP contribution is 2.23. The first kappa shape index (κ1) is 16.8. The van der Waals surface area contributed by atoms with Crippen molar-refractivity contribution in [3.63, 3.8) is 0 Å². The molecular formula is C17H27N3O2. The van der Waals surface area contributed by atoms with E-state index in [1.807, 2.05) is 18.2 Å². The first-order valence-corrected chi connectivity index (χ1v) is 7.92. The predicted molar refractivity (Wildman–Crippen MR) is 89.1 cm³/mol. The van der Waals surface area contributed by atoms with E-state index in [2.05, 4.69) is 34.7 Å². The van der Waals surface area contributed by atoms with Gasteiger partial charge in [-0.25, -0.2) is 0 Å². The highest BCUT2D eigenvalue weighted by molar-refractivity contribution is 5.79. The van der Waals surface area contributed by atoms with Gasteiger partial charge in [-0.2, -0.15) is 0 Å². The van der Waals surface area contributed by atoms with Crippen LogP contribution in [-0.2, 0) is 16.1 Å². The van der Waals surface area contributed by atoms with Crippen LogP contribution in [0.25, 0.3) is 0 Å². The zero-order valence-corrected chi connectivity index (χ0v) is 13.6. The standard InChI is InChI=1S/C17H27N3O2/c1-17(9-6-11-22-17)14-20-16(18-2)19-10-12-21-13-15-7-4-3-5-8-15/h3-5,7-8H,6,9-14H2,1-2H3,(H2,18,19,20). The summed E-state index contributed by atoms with van der Waals surface area (Å²) in [5.41, 5.74) is 1.12. The Morgan fingerprint density at radius 1 is 1.32 bits per heavy atom. The second-order valence-electron chi connectivity index (χ2n) is 5.79. The van der Waals surface area contributed by atoms with Crippen LogP contribution in [0, 0.1) is 0 Å². The van der Waals surface area contributed by atoms with E-state index in [-0.39, 0.29) is 5.60 Å². The van der Waals surface area contributed by atoms with Gasteiger partial charge in [0.1, 0.15) is 0 Å². The second kappa shape index (κ2) is 8.76. The second-order valence-corrected chi connectivity index (χ2v) is 5.79. The predicted octanol–water partition coefficient (Wildman–Crippen LogP) is 1.94. The van der Waals surface area contributed by atoms with Crippen LogP contribution >= 0.6 is 0 Å². The van der Waals surface area contributed by atoms with Gasteiger partial charge in [0, 0.05) is 26.7 Å². The van der Waals surface area contributed by atoms with Crippen molar-refractivity contribution in [1.29, 1.82) is 0 Å². The third kappa shape index (κ3) is 5.66. The molecule has 0 radical (unpaired) electrons. The molecule has 0 amide bonds. The van der Waals surface area contributed by atoms with Crippen LogP contribution in [0.5, 0.6) is 0 Å². The molecule has 1 aliphatic rings. The fourth-order valence-corrected chi connectivity index (χ4v) is 2.47. The molecule has 2 N–H and O–H groups in total. The molecule has 1 atom stereocenters. The third-order valence-corrected chi connectivity index (χ3v) is 3.80. The maximum absolute atomic E-state index is 5.76. The molecule has 2 rings (SSSR count). The molecule has 0 spiro atoms. The lowest BCUT2D eigenvalue weighted by Gasteiger charge is -2.24. The highest BCUT2D eigenvalue weighted by atomic mass is 16.5. The van der Waals surface area contributed by atoms with Gasteiger partial charge >= 0.3 is 0 Å². The SMILES string of the molecule is CN=C(NCCOCc1ccccc1)NCC1(C)CCCO1. The van der Waals surface area contributed by atoms with Gasteiger partial charge in [0.25, 0.3) is 0 Å². The average molecular weight is 305 g/mol. The van der Waals surface area contributed by atoms with E-state index in [4.69, 9.17) is 9.47 Å². The van der Waals surface area contributed by atoms with Crippen LogP contribution in [-0.4, -0.2) is 44.9 Å². The highest BCUT2D eigenvalue weighted by Gasteiger charge is 2.29. The number of ether oxygens (including phenoxy) is 2. The number of nitrogens with one attached hydrogen (secondary N) is 2. The molecule has 1 fully saturated rings. The Morgan fingerprint density at radius 3 is 2.82 bits per heavy atom. The number of hydrogen-bond donors (Lipinski definition) is 2. The Balaban J connectivity index is 1.58.